The molecule has 2 N–H and O–H groups in total. The second kappa shape index (κ2) is 21.7. The maximum atomic E-state index is 14.4. The van der Waals surface area contributed by atoms with E-state index in [1.54, 1.807) is 13.1 Å². The van der Waals surface area contributed by atoms with Crippen LogP contribution in [0.25, 0.3) is 11.1 Å². The van der Waals surface area contributed by atoms with E-state index in [4.69, 9.17) is 28.9 Å². The Morgan fingerprint density at radius 1 is 0.866 bits per heavy atom. The lowest BCUT2D eigenvalue weighted by Crippen LogP contribution is -2.69. The standard InChI is InChI=1S/C54H57N3O10/c1-3-32-63-54-50(56(2)53(60)66-43-26-22-41(23-27-43)57(61)62)35-48(55-64-36-37-14-6-4-7-15-37)46-33-40(18-10-12-30-58)45(19-11-13-31-59)51(52(46)54)47-34-44(28-29-49(47)67-54)65-42-24-20-39(21-25-42)38-16-8-5-9-17-38/h3-9,14-17,20-29,33-34,40,45,50-52,58-59H,1,10-13,18-19,30-32,35-36H2,2H3/t40-,45+,50-,51+,52+,54+/m0/s1. The number of nitrogens with zero attached hydrogens (tertiary/aromatic N) is 3. The summed E-state index contributed by atoms with van der Waals surface area (Å²) in [6, 6.07) is 38.2. The molecule has 0 radical (unpaired) electrons. The van der Waals surface area contributed by atoms with Gasteiger partial charge in [-0.2, -0.15) is 0 Å². The van der Waals surface area contributed by atoms with Gasteiger partial charge in [0.1, 0.15) is 35.6 Å². The first-order chi connectivity index (χ1) is 32.7. The average molecular weight is 908 g/mol. The number of ether oxygens (including phenoxy) is 4. The maximum absolute atomic E-state index is 14.4. The number of oxime groups is 1. The number of allylic oxidation sites excluding steroid dienone is 1. The van der Waals surface area contributed by atoms with Crippen LogP contribution in [0, 0.1) is 27.9 Å². The summed E-state index contributed by atoms with van der Waals surface area (Å²) in [5.74, 6) is -0.339. The van der Waals surface area contributed by atoms with Crippen molar-refractivity contribution in [3.63, 3.8) is 0 Å². The predicted octanol–water partition coefficient (Wildman–Crippen LogP) is 11.0. The first kappa shape index (κ1) is 46.7. The third kappa shape index (κ3) is 10.4. The van der Waals surface area contributed by atoms with E-state index in [1.807, 2.05) is 91.0 Å². The van der Waals surface area contributed by atoms with Crippen molar-refractivity contribution >= 4 is 17.5 Å². The van der Waals surface area contributed by atoms with Gasteiger partial charge in [0.2, 0.25) is 5.79 Å². The third-order valence-corrected chi connectivity index (χ3v) is 13.1. The highest BCUT2D eigenvalue weighted by molar-refractivity contribution is 6.03. The SMILES string of the molecule is C=CCO[C@@]12Oc3ccc(Oc4ccc(-c5ccccc5)cc4)cc3[C@H]3[C@H](CCCCO)[C@@H](CCCCO)C=C(C(=NOCc4ccccc4)C[C@@H]1N(C)C(=O)Oc1ccc([N+](=O)[O-])cc1)[C@H]32. The number of carbonyl (C=O) groups excluding carboxylic acids is 1. The van der Waals surface area contributed by atoms with Crippen LogP contribution in [-0.4, -0.2) is 70.5 Å². The molecule has 0 bridgehead atoms. The molecule has 0 spiro atoms. The van der Waals surface area contributed by atoms with E-state index in [-0.39, 0.29) is 62.0 Å². The van der Waals surface area contributed by atoms with Gasteiger partial charge in [0, 0.05) is 50.3 Å². The molecular weight excluding hydrogens is 851 g/mol. The van der Waals surface area contributed by atoms with E-state index in [9.17, 15) is 25.1 Å². The molecule has 13 nitrogen and oxygen atoms in total. The van der Waals surface area contributed by atoms with Crippen LogP contribution >= 0.6 is 0 Å². The van der Waals surface area contributed by atoms with Crippen molar-refractivity contribution in [3.8, 4) is 34.1 Å². The number of amides is 1. The molecule has 5 aromatic carbocycles. The lowest BCUT2D eigenvalue weighted by atomic mass is 9.55. The Morgan fingerprint density at radius 2 is 1.52 bits per heavy atom. The molecule has 0 aromatic heterocycles. The fourth-order valence-corrected chi connectivity index (χ4v) is 9.97. The average Bonchev–Trinajstić information content (AvgIpc) is 3.35. The molecule has 1 amide bonds. The summed E-state index contributed by atoms with van der Waals surface area (Å²) >= 11 is 0. The van der Waals surface area contributed by atoms with Gasteiger partial charge in [-0.05, 0) is 102 Å². The van der Waals surface area contributed by atoms with Crippen LogP contribution in [0.3, 0.4) is 0 Å². The molecule has 2 aliphatic carbocycles. The Balaban J connectivity index is 1.25. The van der Waals surface area contributed by atoms with Crippen molar-refractivity contribution in [2.75, 3.05) is 26.9 Å². The molecule has 0 saturated heterocycles. The van der Waals surface area contributed by atoms with E-state index in [2.05, 4.69) is 24.8 Å². The van der Waals surface area contributed by atoms with Gasteiger partial charge in [0.15, 0.2) is 0 Å². The van der Waals surface area contributed by atoms with E-state index >= 15 is 0 Å². The molecule has 8 rings (SSSR count). The first-order valence-corrected chi connectivity index (χ1v) is 23.0. The van der Waals surface area contributed by atoms with Gasteiger partial charge in [-0.3, -0.25) is 10.1 Å². The summed E-state index contributed by atoms with van der Waals surface area (Å²) < 4.78 is 26.7. The van der Waals surface area contributed by atoms with Gasteiger partial charge in [0.05, 0.1) is 23.2 Å². The van der Waals surface area contributed by atoms with Crippen LogP contribution in [0.4, 0.5) is 10.5 Å². The second-order valence-electron chi connectivity index (χ2n) is 17.3. The number of hydrogen-bond acceptors (Lipinski definition) is 11. The normalized spacial score (nSPS) is 22.0. The molecule has 3 aliphatic rings. The molecule has 348 valence electrons. The number of aliphatic hydroxyl groups is 2. The number of aliphatic hydroxyl groups excluding tert-OH is 2. The number of carbonyl (C=O) groups is 1. The highest BCUT2D eigenvalue weighted by Gasteiger charge is 2.65. The molecule has 1 aliphatic heterocycles. The minimum atomic E-state index is -1.51. The smallest absolute Gasteiger partial charge is 0.415 e. The number of likely N-dealkylation sites (N-methyl/N-ethyl adjacent to an activating group) is 1. The Morgan fingerprint density at radius 3 is 2.21 bits per heavy atom. The lowest BCUT2D eigenvalue weighted by Gasteiger charge is -2.59. The van der Waals surface area contributed by atoms with Gasteiger partial charge in [-0.25, -0.2) is 4.79 Å². The van der Waals surface area contributed by atoms with Crippen LogP contribution in [0.2, 0.25) is 0 Å². The number of benzene rings is 5. The molecule has 6 atom stereocenters. The Labute approximate surface area is 391 Å². The van der Waals surface area contributed by atoms with Crippen LogP contribution in [0.15, 0.2) is 157 Å². The Bertz CT molecular complexity index is 2530. The van der Waals surface area contributed by atoms with Crippen LogP contribution < -0.4 is 14.2 Å². The monoisotopic (exact) mass is 907 g/mol. The van der Waals surface area contributed by atoms with Crippen LogP contribution in [0.5, 0.6) is 23.0 Å². The van der Waals surface area contributed by atoms with Gasteiger partial charge in [-0.1, -0.05) is 103 Å². The van der Waals surface area contributed by atoms with E-state index < -0.39 is 28.8 Å². The Hall–Kier alpha value is -6.80. The number of non-ortho nitro benzene ring substituents is 1. The molecule has 0 unspecified atom stereocenters. The summed E-state index contributed by atoms with van der Waals surface area (Å²) in [6.45, 7) is 4.43. The van der Waals surface area contributed by atoms with Crippen LogP contribution in [-0.2, 0) is 16.2 Å². The largest absolute Gasteiger partial charge is 0.459 e. The fourth-order valence-electron chi connectivity index (χ4n) is 9.97. The van der Waals surface area contributed by atoms with Crippen molar-refractivity contribution in [1.29, 1.82) is 0 Å². The minimum Gasteiger partial charge on any atom is -0.459 e. The number of fused-ring (bicyclic) bond motifs is 2. The zero-order chi connectivity index (χ0) is 46.8. The second-order valence-corrected chi connectivity index (χ2v) is 17.3. The Kier molecular flexibility index (Phi) is 15.1. The van der Waals surface area contributed by atoms with Crippen molar-refractivity contribution < 1.29 is 43.7 Å². The van der Waals surface area contributed by atoms with E-state index in [0.29, 0.717) is 35.8 Å². The van der Waals surface area contributed by atoms with Gasteiger partial charge < -0.3 is 38.9 Å². The zero-order valence-electron chi connectivity index (χ0n) is 37.7. The summed E-state index contributed by atoms with van der Waals surface area (Å²) in [6.07, 6.45) is 7.74. The maximum Gasteiger partial charge on any atom is 0.415 e. The minimum absolute atomic E-state index is 0.00337. The van der Waals surface area contributed by atoms with Crippen molar-refractivity contribution in [2.45, 2.75) is 69.3 Å². The topological polar surface area (TPSA) is 162 Å². The molecule has 1 saturated carbocycles. The number of nitro groups is 1. The van der Waals surface area contributed by atoms with E-state index in [0.717, 1.165) is 53.5 Å². The summed E-state index contributed by atoms with van der Waals surface area (Å²) in [4.78, 5) is 32.9. The first-order valence-electron chi connectivity index (χ1n) is 23.0. The number of unbranched alkanes of at least 4 members (excludes halogenated alkanes) is 2. The molecular formula is C54H57N3O10. The lowest BCUT2D eigenvalue weighted by molar-refractivity contribution is -0.384. The number of nitro benzene ring substituents is 1. The summed E-state index contributed by atoms with van der Waals surface area (Å²) in [7, 11) is 1.63. The van der Waals surface area contributed by atoms with Crippen molar-refractivity contribution in [1.82, 2.24) is 4.90 Å². The zero-order valence-corrected chi connectivity index (χ0v) is 37.7. The van der Waals surface area contributed by atoms with Gasteiger partial charge in [-0.15, -0.1) is 6.58 Å². The molecule has 1 fully saturated rings. The molecule has 5 aromatic rings. The summed E-state index contributed by atoms with van der Waals surface area (Å²) in [5, 5.41) is 36.2. The summed E-state index contributed by atoms with van der Waals surface area (Å²) in [5.41, 5.74) is 5.40. The number of rotatable bonds is 20. The van der Waals surface area contributed by atoms with Crippen molar-refractivity contribution in [2.24, 2.45) is 22.9 Å². The predicted molar refractivity (Wildman–Crippen MR) is 255 cm³/mol. The van der Waals surface area contributed by atoms with Gasteiger partial charge in [0.25, 0.3) is 5.69 Å². The highest BCUT2D eigenvalue weighted by Crippen LogP contribution is 2.62. The highest BCUT2D eigenvalue weighted by atomic mass is 16.7. The fraction of sp³-hybridized carbons (Fsp3) is 0.333. The van der Waals surface area contributed by atoms with Gasteiger partial charge >= 0.3 is 6.09 Å². The van der Waals surface area contributed by atoms with Crippen LogP contribution in [0.1, 0.15) is 62.0 Å². The third-order valence-electron chi connectivity index (χ3n) is 13.1. The van der Waals surface area contributed by atoms with E-state index in [1.165, 1.54) is 29.2 Å². The molecule has 67 heavy (non-hydrogen) atoms. The molecule has 13 heteroatoms. The van der Waals surface area contributed by atoms with Crippen molar-refractivity contribution in [3.05, 3.63) is 173 Å². The quantitative estimate of drug-likeness (QED) is 0.0333. The number of hydrogen-bond donors (Lipinski definition) is 2. The molecule has 1 heterocycles.